The normalized spacial score (nSPS) is 17.8. The molecule has 1 saturated heterocycles. The summed E-state index contributed by atoms with van der Waals surface area (Å²) in [6, 6.07) is 7.49. The van der Waals surface area contributed by atoms with Crippen molar-refractivity contribution in [3.8, 4) is 0 Å². The van der Waals surface area contributed by atoms with Gasteiger partial charge >= 0.3 is 0 Å². The van der Waals surface area contributed by atoms with Crippen LogP contribution in [0.2, 0.25) is 0 Å². The van der Waals surface area contributed by atoms with Gasteiger partial charge in [-0.2, -0.15) is 0 Å². The van der Waals surface area contributed by atoms with Crippen LogP contribution in [-0.4, -0.2) is 24.5 Å². The molecule has 2 rings (SSSR count). The van der Waals surface area contributed by atoms with E-state index in [1.54, 1.807) is 0 Å². The smallest absolute Gasteiger partial charge is 0.249 e. The Morgan fingerprint density at radius 3 is 2.86 bits per heavy atom. The van der Waals surface area contributed by atoms with Gasteiger partial charge in [-0.3, -0.25) is 9.59 Å². The molecule has 5 heteroatoms. The van der Waals surface area contributed by atoms with Crippen molar-refractivity contribution in [2.45, 2.75) is 39.3 Å². The zero-order valence-electron chi connectivity index (χ0n) is 12.5. The number of hydrogen-bond acceptors (Lipinski definition) is 3. The summed E-state index contributed by atoms with van der Waals surface area (Å²) in [7, 11) is 0. The molecule has 114 valence electrons. The molecule has 0 unspecified atom stereocenters. The largest absolute Gasteiger partial charge is 0.368 e. The maximum absolute atomic E-state index is 11.9. The number of amides is 2. The van der Waals surface area contributed by atoms with Gasteiger partial charge in [-0.1, -0.05) is 26.0 Å². The Labute approximate surface area is 125 Å². The van der Waals surface area contributed by atoms with Gasteiger partial charge in [-0.25, -0.2) is 0 Å². The molecule has 1 atom stereocenters. The molecular weight excluding hydrogens is 268 g/mol. The topological polar surface area (TPSA) is 67.4 Å². The van der Waals surface area contributed by atoms with Gasteiger partial charge in [-0.05, 0) is 30.5 Å². The summed E-state index contributed by atoms with van der Waals surface area (Å²) in [4.78, 5) is 23.5. The van der Waals surface area contributed by atoms with E-state index in [2.05, 4.69) is 10.6 Å². The summed E-state index contributed by atoms with van der Waals surface area (Å²) in [6.07, 6.45) is 1.42. The number of ether oxygens (including phenoxy) is 1. The van der Waals surface area contributed by atoms with Crippen LogP contribution in [0.1, 0.15) is 32.3 Å². The van der Waals surface area contributed by atoms with Crippen molar-refractivity contribution < 1.29 is 14.3 Å². The van der Waals surface area contributed by atoms with E-state index in [1.165, 1.54) is 0 Å². The Morgan fingerprint density at radius 1 is 1.38 bits per heavy atom. The molecule has 0 radical (unpaired) electrons. The predicted octanol–water partition coefficient (Wildman–Crippen LogP) is 2.08. The Bertz CT molecular complexity index is 508. The summed E-state index contributed by atoms with van der Waals surface area (Å²) in [5.41, 5.74) is 1.69. The van der Waals surface area contributed by atoms with Gasteiger partial charge in [0.1, 0.15) is 6.10 Å². The van der Waals surface area contributed by atoms with Crippen LogP contribution in [0.3, 0.4) is 0 Å². The highest BCUT2D eigenvalue weighted by atomic mass is 16.5. The molecule has 0 aromatic heterocycles. The molecule has 2 amide bonds. The van der Waals surface area contributed by atoms with E-state index in [0.29, 0.717) is 13.2 Å². The Hall–Kier alpha value is -1.88. The van der Waals surface area contributed by atoms with E-state index < -0.39 is 0 Å². The van der Waals surface area contributed by atoms with Crippen molar-refractivity contribution in [1.29, 1.82) is 0 Å². The summed E-state index contributed by atoms with van der Waals surface area (Å²) < 4.78 is 5.34. The van der Waals surface area contributed by atoms with Crippen LogP contribution in [0.4, 0.5) is 5.69 Å². The number of rotatable bonds is 5. The van der Waals surface area contributed by atoms with E-state index in [-0.39, 0.29) is 23.8 Å². The first-order valence-electron chi connectivity index (χ1n) is 7.35. The monoisotopic (exact) mass is 290 g/mol. The Balaban J connectivity index is 1.88. The lowest BCUT2D eigenvalue weighted by atomic mass is 10.1. The van der Waals surface area contributed by atoms with Crippen LogP contribution in [0.5, 0.6) is 0 Å². The minimum absolute atomic E-state index is 0.0180. The molecule has 0 spiro atoms. The van der Waals surface area contributed by atoms with Crippen LogP contribution in [0.15, 0.2) is 24.3 Å². The Kier molecular flexibility index (Phi) is 5.33. The van der Waals surface area contributed by atoms with Crippen molar-refractivity contribution >= 4 is 17.5 Å². The molecular formula is C16H22N2O3. The second kappa shape index (κ2) is 7.22. The second-order valence-electron chi connectivity index (χ2n) is 5.56. The van der Waals surface area contributed by atoms with Gasteiger partial charge in [-0.15, -0.1) is 0 Å². The lowest BCUT2D eigenvalue weighted by molar-refractivity contribution is -0.130. The SMILES string of the molecule is CC(C)C(=O)Nc1cccc(CNC(=O)[C@@H]2CCCO2)c1. The number of carbonyl (C=O) groups excluding carboxylic acids is 2. The molecule has 1 aromatic carbocycles. The van der Waals surface area contributed by atoms with E-state index in [9.17, 15) is 9.59 Å². The third-order valence-electron chi connectivity index (χ3n) is 3.41. The van der Waals surface area contributed by atoms with Crippen molar-refractivity contribution in [2.24, 2.45) is 5.92 Å². The van der Waals surface area contributed by atoms with Crippen LogP contribution in [0, 0.1) is 5.92 Å². The summed E-state index contributed by atoms with van der Waals surface area (Å²) in [6.45, 7) is 4.79. The van der Waals surface area contributed by atoms with Crippen molar-refractivity contribution in [1.82, 2.24) is 5.32 Å². The fourth-order valence-corrected chi connectivity index (χ4v) is 2.13. The minimum Gasteiger partial charge on any atom is -0.368 e. The highest BCUT2D eigenvalue weighted by Crippen LogP contribution is 2.14. The molecule has 1 aromatic rings. The van der Waals surface area contributed by atoms with Crippen molar-refractivity contribution in [3.05, 3.63) is 29.8 Å². The molecule has 1 aliphatic rings. The quantitative estimate of drug-likeness (QED) is 0.872. The zero-order valence-corrected chi connectivity index (χ0v) is 12.5. The fraction of sp³-hybridized carbons (Fsp3) is 0.500. The third kappa shape index (κ3) is 4.56. The molecule has 2 N–H and O–H groups in total. The van der Waals surface area contributed by atoms with E-state index in [4.69, 9.17) is 4.74 Å². The molecule has 0 bridgehead atoms. The van der Waals surface area contributed by atoms with E-state index in [0.717, 1.165) is 24.1 Å². The fourth-order valence-electron chi connectivity index (χ4n) is 2.13. The molecule has 1 aliphatic heterocycles. The van der Waals surface area contributed by atoms with Gasteiger partial charge in [0.15, 0.2) is 0 Å². The van der Waals surface area contributed by atoms with Crippen LogP contribution >= 0.6 is 0 Å². The van der Waals surface area contributed by atoms with Gasteiger partial charge in [0.25, 0.3) is 0 Å². The van der Waals surface area contributed by atoms with Crippen LogP contribution < -0.4 is 10.6 Å². The maximum atomic E-state index is 11.9. The van der Waals surface area contributed by atoms with Gasteiger partial charge < -0.3 is 15.4 Å². The first kappa shape index (κ1) is 15.5. The predicted molar refractivity (Wildman–Crippen MR) is 80.7 cm³/mol. The summed E-state index contributed by atoms with van der Waals surface area (Å²) >= 11 is 0. The number of nitrogens with one attached hydrogen (secondary N) is 2. The zero-order chi connectivity index (χ0) is 15.2. The molecule has 21 heavy (non-hydrogen) atoms. The van der Waals surface area contributed by atoms with E-state index >= 15 is 0 Å². The minimum atomic E-state index is -0.311. The highest BCUT2D eigenvalue weighted by molar-refractivity contribution is 5.92. The standard InChI is InChI=1S/C16H22N2O3/c1-11(2)15(19)18-13-6-3-5-12(9-13)10-17-16(20)14-7-4-8-21-14/h3,5-6,9,11,14H,4,7-8,10H2,1-2H3,(H,17,20)(H,18,19)/t14-/m0/s1. The van der Waals surface area contributed by atoms with Gasteiger partial charge in [0.05, 0.1) is 0 Å². The van der Waals surface area contributed by atoms with Gasteiger partial charge in [0.2, 0.25) is 11.8 Å². The average molecular weight is 290 g/mol. The highest BCUT2D eigenvalue weighted by Gasteiger charge is 2.22. The molecule has 1 fully saturated rings. The maximum Gasteiger partial charge on any atom is 0.249 e. The third-order valence-corrected chi connectivity index (χ3v) is 3.41. The number of anilines is 1. The number of hydrogen-bond donors (Lipinski definition) is 2. The summed E-state index contributed by atoms with van der Waals surface area (Å²) in [5, 5.41) is 5.72. The first-order chi connectivity index (χ1) is 10.1. The van der Waals surface area contributed by atoms with Crippen molar-refractivity contribution in [2.75, 3.05) is 11.9 Å². The summed E-state index contributed by atoms with van der Waals surface area (Å²) in [5.74, 6) is -0.146. The number of carbonyl (C=O) groups is 2. The lowest BCUT2D eigenvalue weighted by Gasteiger charge is -2.12. The molecule has 1 heterocycles. The molecule has 0 aliphatic carbocycles. The average Bonchev–Trinajstić information content (AvgIpc) is 2.99. The van der Waals surface area contributed by atoms with E-state index in [1.807, 2.05) is 38.1 Å². The molecule has 5 nitrogen and oxygen atoms in total. The van der Waals surface area contributed by atoms with Crippen LogP contribution in [0.25, 0.3) is 0 Å². The second-order valence-corrected chi connectivity index (χ2v) is 5.56. The van der Waals surface area contributed by atoms with Crippen LogP contribution in [-0.2, 0) is 20.9 Å². The first-order valence-corrected chi connectivity index (χ1v) is 7.35. The Morgan fingerprint density at radius 2 is 2.19 bits per heavy atom. The van der Waals surface area contributed by atoms with Gasteiger partial charge in [0, 0.05) is 24.8 Å². The lowest BCUT2D eigenvalue weighted by Crippen LogP contribution is -2.33. The number of benzene rings is 1. The molecule has 0 saturated carbocycles. The van der Waals surface area contributed by atoms with Crippen molar-refractivity contribution in [3.63, 3.8) is 0 Å².